The Hall–Kier alpha value is -0.420. The van der Waals surface area contributed by atoms with Crippen molar-refractivity contribution in [2.45, 2.75) is 6.92 Å². The van der Waals surface area contributed by atoms with E-state index in [9.17, 15) is 0 Å². The molecule has 0 aromatic heterocycles. The van der Waals surface area contributed by atoms with Crippen molar-refractivity contribution < 1.29 is 19.7 Å². The van der Waals surface area contributed by atoms with Crippen LogP contribution in [0.15, 0.2) is 13.2 Å². The van der Waals surface area contributed by atoms with Crippen LogP contribution in [0.4, 0.5) is 0 Å². The first kappa shape index (κ1) is 18.4. The van der Waals surface area contributed by atoms with E-state index < -0.39 is 0 Å². The van der Waals surface area contributed by atoms with E-state index in [1.165, 1.54) is 0 Å². The molecule has 2 N–H and O–H groups in total. The molecule has 0 rings (SSSR count). The first-order valence-electron chi connectivity index (χ1n) is 4.11. The first-order chi connectivity index (χ1) is 6.33. The van der Waals surface area contributed by atoms with E-state index >= 15 is 0 Å². The number of rotatable bonds is 5. The van der Waals surface area contributed by atoms with Gasteiger partial charge in [0.15, 0.2) is 0 Å². The van der Waals surface area contributed by atoms with Gasteiger partial charge in [-0.2, -0.15) is 0 Å². The molecule has 0 aliphatic rings. The van der Waals surface area contributed by atoms with E-state index in [2.05, 4.69) is 17.9 Å². The highest BCUT2D eigenvalue weighted by Crippen LogP contribution is 1.66. The lowest BCUT2D eigenvalue weighted by molar-refractivity contribution is 0.102. The third-order valence-corrected chi connectivity index (χ3v) is 0.735. The van der Waals surface area contributed by atoms with E-state index in [4.69, 9.17) is 14.9 Å². The molecule has 0 aliphatic carbocycles. The summed E-state index contributed by atoms with van der Waals surface area (Å²) in [6.07, 6.45) is 0. The average Bonchev–Trinajstić information content (AvgIpc) is 2.20. The van der Waals surface area contributed by atoms with Crippen molar-refractivity contribution in [3.8, 4) is 0 Å². The van der Waals surface area contributed by atoms with Crippen molar-refractivity contribution in [1.82, 2.24) is 0 Å². The van der Waals surface area contributed by atoms with Crippen molar-refractivity contribution in [3.05, 3.63) is 13.2 Å². The minimum atomic E-state index is 0.122. The van der Waals surface area contributed by atoms with E-state index in [0.717, 1.165) is 0 Å². The quantitative estimate of drug-likeness (QED) is 0.492. The molecule has 4 nitrogen and oxygen atoms in total. The maximum absolute atomic E-state index is 8.07. The predicted octanol–water partition coefficient (Wildman–Crippen LogP) is 0.442. The van der Waals surface area contributed by atoms with Gasteiger partial charge in [0.25, 0.3) is 0 Å². The largest absolute Gasteiger partial charge is 0.394 e. The fraction of sp³-hybridized carbons (Fsp3) is 0.778. The highest BCUT2D eigenvalue weighted by atomic mass is 16.5. The predicted molar refractivity (Wildman–Crippen MR) is 53.8 cm³/mol. The number of methoxy groups -OCH3 is 1. The standard InChI is InChI=1S/C4H10O2.C3H8O2.C2H4/c1-2-6-4-3-5;1-5-3-2-4;1-2/h5H,2-4H2,1H3;4H,2-3H2,1H3;1-2H2. The molecule has 0 bridgehead atoms. The molecular formula is C9H22O4. The molecule has 0 saturated heterocycles. The zero-order valence-electron chi connectivity index (χ0n) is 8.66. The Morgan fingerprint density at radius 2 is 1.54 bits per heavy atom. The average molecular weight is 194 g/mol. The normalized spacial score (nSPS) is 7.69. The molecule has 0 fully saturated rings. The summed E-state index contributed by atoms with van der Waals surface area (Å²) in [5, 5.41) is 16.0. The summed E-state index contributed by atoms with van der Waals surface area (Å²) in [6, 6.07) is 0. The van der Waals surface area contributed by atoms with Crippen LogP contribution in [0.3, 0.4) is 0 Å². The second kappa shape index (κ2) is 29.9. The second-order valence-electron chi connectivity index (χ2n) is 1.64. The maximum Gasteiger partial charge on any atom is 0.0697 e. The molecule has 0 aromatic carbocycles. The van der Waals surface area contributed by atoms with Gasteiger partial charge >= 0.3 is 0 Å². The summed E-state index contributed by atoms with van der Waals surface area (Å²) in [5.74, 6) is 0. The van der Waals surface area contributed by atoms with Gasteiger partial charge in [-0.15, -0.1) is 13.2 Å². The van der Waals surface area contributed by atoms with Gasteiger partial charge in [-0.25, -0.2) is 0 Å². The highest BCUT2D eigenvalue weighted by Gasteiger charge is 1.73. The molecule has 0 spiro atoms. The number of ether oxygens (including phenoxy) is 2. The van der Waals surface area contributed by atoms with Gasteiger partial charge in [-0.05, 0) is 6.92 Å². The van der Waals surface area contributed by atoms with Gasteiger partial charge in [-0.3, -0.25) is 0 Å². The molecule has 0 aliphatic heterocycles. The lowest BCUT2D eigenvalue weighted by Gasteiger charge is -1.91. The molecule has 0 unspecified atom stereocenters. The number of hydrogen-bond donors (Lipinski definition) is 2. The Kier molecular flexibility index (Phi) is 42.3. The summed E-state index contributed by atoms with van der Waals surface area (Å²) in [6.45, 7) is 9.76. The molecule has 0 amide bonds. The minimum absolute atomic E-state index is 0.122. The molecule has 4 heteroatoms. The zero-order valence-corrected chi connectivity index (χ0v) is 8.66. The van der Waals surface area contributed by atoms with Crippen molar-refractivity contribution >= 4 is 0 Å². The smallest absolute Gasteiger partial charge is 0.0697 e. The third kappa shape index (κ3) is 50.7. The molecule has 0 atom stereocenters. The molecule has 0 saturated carbocycles. The Bertz CT molecular complexity index is 53.6. The van der Waals surface area contributed by atoms with Gasteiger partial charge in [0.1, 0.15) is 0 Å². The second-order valence-corrected chi connectivity index (χ2v) is 1.64. The fourth-order valence-corrected chi connectivity index (χ4v) is 0.300. The van der Waals surface area contributed by atoms with Gasteiger partial charge < -0.3 is 19.7 Å². The number of hydrogen-bond acceptors (Lipinski definition) is 4. The van der Waals surface area contributed by atoms with Crippen LogP contribution in [0.5, 0.6) is 0 Å². The molecule has 82 valence electrons. The summed E-state index contributed by atoms with van der Waals surface area (Å²) < 4.78 is 9.17. The Morgan fingerprint density at radius 1 is 1.08 bits per heavy atom. The van der Waals surface area contributed by atoms with Crippen molar-refractivity contribution in [3.63, 3.8) is 0 Å². The summed E-state index contributed by atoms with van der Waals surface area (Å²) in [4.78, 5) is 0. The number of aliphatic hydroxyl groups excluding tert-OH is 2. The maximum atomic E-state index is 8.07. The van der Waals surface area contributed by atoms with E-state index in [1.54, 1.807) is 7.11 Å². The molecule has 0 radical (unpaired) electrons. The summed E-state index contributed by atoms with van der Waals surface area (Å²) in [5.41, 5.74) is 0. The van der Waals surface area contributed by atoms with Crippen LogP contribution in [0.25, 0.3) is 0 Å². The van der Waals surface area contributed by atoms with Crippen molar-refractivity contribution in [2.75, 3.05) is 40.1 Å². The van der Waals surface area contributed by atoms with Crippen molar-refractivity contribution in [1.29, 1.82) is 0 Å². The zero-order chi connectivity index (χ0) is 10.9. The van der Waals surface area contributed by atoms with E-state index in [-0.39, 0.29) is 13.2 Å². The van der Waals surface area contributed by atoms with E-state index in [0.29, 0.717) is 19.8 Å². The number of aliphatic hydroxyl groups is 2. The first-order valence-corrected chi connectivity index (χ1v) is 4.11. The lowest BCUT2D eigenvalue weighted by atomic mass is 10.8. The van der Waals surface area contributed by atoms with Crippen LogP contribution in [0, 0.1) is 0 Å². The summed E-state index contributed by atoms with van der Waals surface area (Å²) >= 11 is 0. The highest BCUT2D eigenvalue weighted by molar-refractivity contribution is 4.22. The van der Waals surface area contributed by atoms with Gasteiger partial charge in [0, 0.05) is 13.7 Å². The Balaban J connectivity index is -0.000000131. The Labute approximate surface area is 80.8 Å². The topological polar surface area (TPSA) is 58.9 Å². The van der Waals surface area contributed by atoms with Crippen LogP contribution >= 0.6 is 0 Å². The van der Waals surface area contributed by atoms with Crippen LogP contribution in [-0.4, -0.2) is 50.4 Å². The van der Waals surface area contributed by atoms with Crippen LogP contribution in [0.1, 0.15) is 6.92 Å². The molecule has 13 heavy (non-hydrogen) atoms. The van der Waals surface area contributed by atoms with Crippen LogP contribution in [0.2, 0.25) is 0 Å². The molecule has 0 aromatic rings. The van der Waals surface area contributed by atoms with Crippen LogP contribution < -0.4 is 0 Å². The monoisotopic (exact) mass is 194 g/mol. The van der Waals surface area contributed by atoms with E-state index in [1.807, 2.05) is 6.92 Å². The minimum Gasteiger partial charge on any atom is -0.394 e. The van der Waals surface area contributed by atoms with Crippen LogP contribution in [-0.2, 0) is 9.47 Å². The summed E-state index contributed by atoms with van der Waals surface area (Å²) in [7, 11) is 1.55. The molecular weight excluding hydrogens is 172 g/mol. The lowest BCUT2D eigenvalue weighted by Crippen LogP contribution is -1.96. The van der Waals surface area contributed by atoms with Gasteiger partial charge in [0.05, 0.1) is 26.4 Å². The van der Waals surface area contributed by atoms with Gasteiger partial charge in [0.2, 0.25) is 0 Å². The third-order valence-electron chi connectivity index (χ3n) is 0.735. The fourth-order valence-electron chi connectivity index (χ4n) is 0.300. The van der Waals surface area contributed by atoms with Gasteiger partial charge in [-0.1, -0.05) is 0 Å². The molecule has 0 heterocycles. The SMILES string of the molecule is C=C.CCOCCO.COCCO. The van der Waals surface area contributed by atoms with Crippen molar-refractivity contribution in [2.24, 2.45) is 0 Å². The Morgan fingerprint density at radius 3 is 1.62 bits per heavy atom.